The highest BCUT2D eigenvalue weighted by molar-refractivity contribution is 7.91. The maximum atomic E-state index is 12.3. The predicted octanol–water partition coefficient (Wildman–Crippen LogP) is 0.464. The van der Waals surface area contributed by atoms with Crippen LogP contribution in [0.25, 0.3) is 0 Å². The molecule has 0 bridgehead atoms. The number of halogens is 1. The molecular weight excluding hydrogens is 324 g/mol. The summed E-state index contributed by atoms with van der Waals surface area (Å²) in [5.74, 6) is -0.249. The summed E-state index contributed by atoms with van der Waals surface area (Å²) in [7, 11) is -5.75. The Bertz CT molecular complexity index is 686. The molecule has 0 aliphatic rings. The first-order valence-electron chi connectivity index (χ1n) is 5.70. The number of benzene rings is 1. The molecule has 0 heterocycles. The van der Waals surface area contributed by atoms with E-state index in [4.69, 9.17) is 17.3 Å². The zero-order valence-corrected chi connectivity index (χ0v) is 13.6. The predicted molar refractivity (Wildman–Crippen MR) is 78.9 cm³/mol. The molecule has 2 N–H and O–H groups in total. The number of nitrogens with two attached hydrogens (primary N) is 1. The Morgan fingerprint density at radius 1 is 1.25 bits per heavy atom. The second-order valence-corrected chi connectivity index (χ2v) is 9.11. The maximum Gasteiger partial charge on any atom is 0.244 e. The topological polar surface area (TPSA) is 97.5 Å². The van der Waals surface area contributed by atoms with E-state index in [1.807, 2.05) is 0 Å². The first kappa shape index (κ1) is 17.4. The van der Waals surface area contributed by atoms with Gasteiger partial charge in [0.05, 0.1) is 10.8 Å². The molecule has 1 rings (SSSR count). The fourth-order valence-electron chi connectivity index (χ4n) is 1.46. The van der Waals surface area contributed by atoms with E-state index in [-0.39, 0.29) is 28.8 Å². The molecule has 0 atom stereocenters. The van der Waals surface area contributed by atoms with Crippen LogP contribution in [0, 0.1) is 0 Å². The van der Waals surface area contributed by atoms with Crippen LogP contribution in [-0.4, -0.2) is 46.7 Å². The molecule has 0 aromatic heterocycles. The van der Waals surface area contributed by atoms with Gasteiger partial charge in [-0.25, -0.2) is 16.8 Å². The standard InChI is InChI=1S/C11H17ClN2O4S2/c1-14(5-6-19(2,15)16)20(17,18)11-4-3-9(8-13)7-10(11)12/h3-4,7H,5-6,8,13H2,1-2H3. The number of sulfonamides is 1. The average Bonchev–Trinajstić information content (AvgIpc) is 2.34. The lowest BCUT2D eigenvalue weighted by molar-refractivity contribution is 0.485. The molecule has 0 aliphatic heterocycles. The van der Waals surface area contributed by atoms with Crippen LogP contribution >= 0.6 is 11.6 Å². The summed E-state index contributed by atoms with van der Waals surface area (Å²) in [6.07, 6.45) is 1.05. The second kappa shape index (κ2) is 6.40. The van der Waals surface area contributed by atoms with Gasteiger partial charge in [-0.3, -0.25) is 0 Å². The van der Waals surface area contributed by atoms with Gasteiger partial charge in [0, 0.05) is 26.4 Å². The Labute approximate surface area is 124 Å². The Morgan fingerprint density at radius 3 is 2.30 bits per heavy atom. The number of rotatable bonds is 6. The highest BCUT2D eigenvalue weighted by Crippen LogP contribution is 2.25. The second-order valence-electron chi connectivity index (χ2n) is 4.43. The first-order valence-corrected chi connectivity index (χ1v) is 9.58. The SMILES string of the molecule is CN(CCS(C)(=O)=O)S(=O)(=O)c1ccc(CN)cc1Cl. The Kier molecular flexibility index (Phi) is 5.56. The molecule has 0 saturated carbocycles. The number of hydrogen-bond donors (Lipinski definition) is 1. The van der Waals surface area contributed by atoms with Gasteiger partial charge in [-0.05, 0) is 17.7 Å². The van der Waals surface area contributed by atoms with Crippen molar-refractivity contribution in [3.8, 4) is 0 Å². The van der Waals surface area contributed by atoms with Crippen molar-refractivity contribution >= 4 is 31.5 Å². The third-order valence-electron chi connectivity index (χ3n) is 2.70. The van der Waals surface area contributed by atoms with Crippen molar-refractivity contribution in [2.75, 3.05) is 25.6 Å². The highest BCUT2D eigenvalue weighted by atomic mass is 35.5. The number of sulfone groups is 1. The smallest absolute Gasteiger partial charge is 0.244 e. The van der Waals surface area contributed by atoms with E-state index < -0.39 is 19.9 Å². The fraction of sp³-hybridized carbons (Fsp3) is 0.455. The normalized spacial score (nSPS) is 12.8. The minimum absolute atomic E-state index is 0.0626. The van der Waals surface area contributed by atoms with Crippen LogP contribution in [0.4, 0.5) is 0 Å². The lowest BCUT2D eigenvalue weighted by Crippen LogP contribution is -2.31. The molecule has 9 heteroatoms. The molecule has 0 radical (unpaired) electrons. The lowest BCUT2D eigenvalue weighted by atomic mass is 10.2. The third-order valence-corrected chi connectivity index (χ3v) is 5.96. The molecule has 0 fully saturated rings. The molecule has 0 amide bonds. The van der Waals surface area contributed by atoms with E-state index >= 15 is 0 Å². The monoisotopic (exact) mass is 340 g/mol. The molecule has 1 aromatic rings. The van der Waals surface area contributed by atoms with Gasteiger partial charge in [-0.15, -0.1) is 0 Å². The van der Waals surface area contributed by atoms with Crippen molar-refractivity contribution in [3.05, 3.63) is 28.8 Å². The summed E-state index contributed by atoms with van der Waals surface area (Å²) in [6, 6.07) is 4.43. The van der Waals surface area contributed by atoms with E-state index in [0.29, 0.717) is 5.56 Å². The van der Waals surface area contributed by atoms with E-state index in [2.05, 4.69) is 0 Å². The van der Waals surface area contributed by atoms with Crippen molar-refractivity contribution in [1.29, 1.82) is 0 Å². The average molecular weight is 341 g/mol. The molecule has 6 nitrogen and oxygen atoms in total. The Hall–Kier alpha value is -0.670. The van der Waals surface area contributed by atoms with Gasteiger partial charge in [0.1, 0.15) is 14.7 Å². The quantitative estimate of drug-likeness (QED) is 0.811. The van der Waals surface area contributed by atoms with Crippen LogP contribution < -0.4 is 5.73 Å². The van der Waals surface area contributed by atoms with Gasteiger partial charge in [0.15, 0.2) is 0 Å². The maximum absolute atomic E-state index is 12.3. The van der Waals surface area contributed by atoms with E-state index in [1.54, 1.807) is 6.07 Å². The van der Waals surface area contributed by atoms with E-state index in [9.17, 15) is 16.8 Å². The van der Waals surface area contributed by atoms with Gasteiger partial charge >= 0.3 is 0 Å². The van der Waals surface area contributed by atoms with Crippen LogP contribution in [-0.2, 0) is 26.4 Å². The summed E-state index contributed by atoms with van der Waals surface area (Å²) in [4.78, 5) is -0.0626. The van der Waals surface area contributed by atoms with Crippen LogP contribution in [0.3, 0.4) is 0 Å². The summed E-state index contributed by atoms with van der Waals surface area (Å²) in [6.45, 7) is 0.125. The summed E-state index contributed by atoms with van der Waals surface area (Å²) in [5, 5.41) is 0.0687. The first-order chi connectivity index (χ1) is 9.08. The van der Waals surface area contributed by atoms with Crippen LogP contribution in [0.5, 0.6) is 0 Å². The zero-order valence-electron chi connectivity index (χ0n) is 11.2. The van der Waals surface area contributed by atoms with Crippen molar-refractivity contribution < 1.29 is 16.8 Å². The van der Waals surface area contributed by atoms with Crippen LogP contribution in [0.1, 0.15) is 5.56 Å². The lowest BCUT2D eigenvalue weighted by Gasteiger charge is -2.17. The molecule has 0 aliphatic carbocycles. The summed E-state index contributed by atoms with van der Waals surface area (Å²) < 4.78 is 47.7. The molecule has 114 valence electrons. The van der Waals surface area contributed by atoms with Crippen LogP contribution in [0.15, 0.2) is 23.1 Å². The summed E-state index contributed by atoms with van der Waals surface area (Å²) in [5.41, 5.74) is 6.16. The van der Waals surface area contributed by atoms with Crippen molar-refractivity contribution in [1.82, 2.24) is 4.31 Å². The van der Waals surface area contributed by atoms with E-state index in [0.717, 1.165) is 10.6 Å². The fourth-order valence-corrected chi connectivity index (χ4v) is 3.89. The molecule has 1 aromatic carbocycles. The minimum Gasteiger partial charge on any atom is -0.326 e. The highest BCUT2D eigenvalue weighted by Gasteiger charge is 2.24. The summed E-state index contributed by atoms with van der Waals surface area (Å²) >= 11 is 5.95. The number of hydrogen-bond acceptors (Lipinski definition) is 5. The van der Waals surface area contributed by atoms with Gasteiger partial charge < -0.3 is 5.73 Å². The van der Waals surface area contributed by atoms with E-state index in [1.165, 1.54) is 19.2 Å². The molecule has 0 unspecified atom stereocenters. The van der Waals surface area contributed by atoms with Gasteiger partial charge in [-0.1, -0.05) is 17.7 Å². The largest absolute Gasteiger partial charge is 0.326 e. The van der Waals surface area contributed by atoms with Gasteiger partial charge in [-0.2, -0.15) is 4.31 Å². The van der Waals surface area contributed by atoms with Crippen molar-refractivity contribution in [3.63, 3.8) is 0 Å². The number of nitrogens with zero attached hydrogens (tertiary/aromatic N) is 1. The van der Waals surface area contributed by atoms with Gasteiger partial charge in [0.25, 0.3) is 0 Å². The Balaban J connectivity index is 3.04. The molecule has 20 heavy (non-hydrogen) atoms. The molecular formula is C11H17ClN2O4S2. The third kappa shape index (κ3) is 4.42. The molecule has 0 spiro atoms. The molecule has 0 saturated heterocycles. The zero-order chi connectivity index (χ0) is 15.6. The van der Waals surface area contributed by atoms with Crippen molar-refractivity contribution in [2.24, 2.45) is 5.73 Å². The van der Waals surface area contributed by atoms with Gasteiger partial charge in [0.2, 0.25) is 10.0 Å². The minimum atomic E-state index is -3.82. The van der Waals surface area contributed by atoms with Crippen molar-refractivity contribution in [2.45, 2.75) is 11.4 Å². The van der Waals surface area contributed by atoms with Crippen LogP contribution in [0.2, 0.25) is 5.02 Å². The Morgan fingerprint density at radius 2 is 1.85 bits per heavy atom.